The van der Waals surface area contributed by atoms with Crippen LogP contribution in [0, 0.1) is 6.92 Å². The molecule has 0 aliphatic heterocycles. The van der Waals surface area contributed by atoms with Gasteiger partial charge in [-0.25, -0.2) is 9.97 Å². The Bertz CT molecular complexity index is 468. The summed E-state index contributed by atoms with van der Waals surface area (Å²) in [5, 5.41) is 1.05. The fourth-order valence-electron chi connectivity index (χ4n) is 1.17. The molecule has 0 amide bonds. The van der Waals surface area contributed by atoms with Crippen molar-refractivity contribution in [2.75, 3.05) is 5.73 Å². The monoisotopic (exact) mass is 237 g/mol. The van der Waals surface area contributed by atoms with Crippen LogP contribution in [0.3, 0.4) is 0 Å². The second-order valence-electron chi connectivity index (χ2n) is 2.89. The van der Waals surface area contributed by atoms with Gasteiger partial charge in [-0.1, -0.05) is 0 Å². The minimum absolute atomic E-state index is 0.566. The third kappa shape index (κ3) is 1.49. The summed E-state index contributed by atoms with van der Waals surface area (Å²) in [7, 11) is 0. The lowest BCUT2D eigenvalue weighted by Gasteiger charge is -2.02. The number of hydrogen-bond donors (Lipinski definition) is 1. The van der Waals surface area contributed by atoms with Gasteiger partial charge in [-0.05, 0) is 40.5 Å². The van der Waals surface area contributed by atoms with E-state index in [0.29, 0.717) is 5.82 Å². The number of halogens is 1. The number of anilines is 1. The first-order valence-corrected chi connectivity index (χ1v) is 4.64. The van der Waals surface area contributed by atoms with Gasteiger partial charge in [0.25, 0.3) is 0 Å². The van der Waals surface area contributed by atoms with E-state index in [1.807, 2.05) is 19.1 Å². The SMILES string of the molecule is Cc1cc2cc(Br)ncc2nc1N. The quantitative estimate of drug-likeness (QED) is 0.716. The second kappa shape index (κ2) is 2.96. The molecule has 0 atom stereocenters. The summed E-state index contributed by atoms with van der Waals surface area (Å²) in [6, 6.07) is 3.93. The number of fused-ring (bicyclic) bond motifs is 1. The van der Waals surface area contributed by atoms with Gasteiger partial charge in [0.2, 0.25) is 0 Å². The van der Waals surface area contributed by atoms with Crippen LogP contribution in [0.25, 0.3) is 10.9 Å². The molecule has 0 saturated carbocycles. The van der Waals surface area contributed by atoms with Crippen molar-refractivity contribution in [1.29, 1.82) is 0 Å². The molecule has 0 aromatic carbocycles. The number of nitrogens with zero attached hydrogens (tertiary/aromatic N) is 2. The van der Waals surface area contributed by atoms with Gasteiger partial charge in [0, 0.05) is 5.39 Å². The van der Waals surface area contributed by atoms with Gasteiger partial charge in [0.1, 0.15) is 10.4 Å². The fraction of sp³-hybridized carbons (Fsp3) is 0.111. The number of aromatic nitrogens is 2. The Labute approximate surface area is 84.1 Å². The van der Waals surface area contributed by atoms with Crippen LogP contribution < -0.4 is 5.73 Å². The maximum Gasteiger partial charge on any atom is 0.127 e. The van der Waals surface area contributed by atoms with Crippen LogP contribution in [-0.4, -0.2) is 9.97 Å². The Morgan fingerprint density at radius 1 is 1.38 bits per heavy atom. The van der Waals surface area contributed by atoms with Gasteiger partial charge in [-0.3, -0.25) is 0 Å². The van der Waals surface area contributed by atoms with Crippen LogP contribution in [0.15, 0.2) is 22.9 Å². The Hall–Kier alpha value is -1.16. The third-order valence-corrected chi connectivity index (χ3v) is 2.33. The molecule has 0 aliphatic carbocycles. The summed E-state index contributed by atoms with van der Waals surface area (Å²) in [4.78, 5) is 8.29. The molecule has 3 nitrogen and oxygen atoms in total. The Kier molecular flexibility index (Phi) is 1.92. The third-order valence-electron chi connectivity index (χ3n) is 1.90. The molecule has 0 spiro atoms. The van der Waals surface area contributed by atoms with Crippen molar-refractivity contribution in [1.82, 2.24) is 9.97 Å². The number of nitrogens with two attached hydrogens (primary N) is 1. The van der Waals surface area contributed by atoms with E-state index in [4.69, 9.17) is 5.73 Å². The van der Waals surface area contributed by atoms with Crippen LogP contribution in [0.4, 0.5) is 5.82 Å². The van der Waals surface area contributed by atoms with E-state index >= 15 is 0 Å². The molecule has 13 heavy (non-hydrogen) atoms. The lowest BCUT2D eigenvalue weighted by Crippen LogP contribution is -1.94. The highest BCUT2D eigenvalue weighted by Crippen LogP contribution is 2.19. The maximum atomic E-state index is 5.67. The molecule has 66 valence electrons. The zero-order valence-electron chi connectivity index (χ0n) is 7.08. The van der Waals surface area contributed by atoms with Crippen molar-refractivity contribution in [3.05, 3.63) is 28.5 Å². The number of rotatable bonds is 0. The number of pyridine rings is 2. The highest BCUT2D eigenvalue weighted by Gasteiger charge is 2.00. The van der Waals surface area contributed by atoms with E-state index in [1.54, 1.807) is 6.20 Å². The van der Waals surface area contributed by atoms with Gasteiger partial charge >= 0.3 is 0 Å². The molecule has 2 N–H and O–H groups in total. The van der Waals surface area contributed by atoms with E-state index in [1.165, 1.54) is 0 Å². The van der Waals surface area contributed by atoms with E-state index in [2.05, 4.69) is 25.9 Å². The zero-order chi connectivity index (χ0) is 9.42. The van der Waals surface area contributed by atoms with E-state index < -0.39 is 0 Å². The van der Waals surface area contributed by atoms with Crippen molar-refractivity contribution in [3.63, 3.8) is 0 Å². The van der Waals surface area contributed by atoms with E-state index in [-0.39, 0.29) is 0 Å². The van der Waals surface area contributed by atoms with Gasteiger partial charge in [-0.2, -0.15) is 0 Å². The molecular formula is C9H8BrN3. The van der Waals surface area contributed by atoms with E-state index in [9.17, 15) is 0 Å². The summed E-state index contributed by atoms with van der Waals surface area (Å²) in [5.74, 6) is 0.566. The van der Waals surface area contributed by atoms with Crippen LogP contribution in [-0.2, 0) is 0 Å². The highest BCUT2D eigenvalue weighted by atomic mass is 79.9. The summed E-state index contributed by atoms with van der Waals surface area (Å²) in [6.07, 6.45) is 1.70. The molecule has 2 heterocycles. The first-order valence-electron chi connectivity index (χ1n) is 3.85. The summed E-state index contributed by atoms with van der Waals surface area (Å²) in [5.41, 5.74) is 7.49. The molecule has 2 rings (SSSR count). The van der Waals surface area contributed by atoms with Crippen molar-refractivity contribution in [2.24, 2.45) is 0 Å². The maximum absolute atomic E-state index is 5.67. The summed E-state index contributed by atoms with van der Waals surface area (Å²) >= 11 is 3.31. The minimum Gasteiger partial charge on any atom is -0.383 e. The smallest absolute Gasteiger partial charge is 0.127 e. The molecule has 2 aromatic rings. The summed E-state index contributed by atoms with van der Waals surface area (Å²) < 4.78 is 0.811. The topological polar surface area (TPSA) is 51.8 Å². The summed E-state index contributed by atoms with van der Waals surface area (Å²) in [6.45, 7) is 1.94. The van der Waals surface area contributed by atoms with Gasteiger partial charge < -0.3 is 5.73 Å². The Morgan fingerprint density at radius 2 is 2.15 bits per heavy atom. The van der Waals surface area contributed by atoms with Crippen molar-refractivity contribution >= 4 is 32.7 Å². The fourth-order valence-corrected chi connectivity index (χ4v) is 1.52. The Balaban J connectivity index is 2.81. The van der Waals surface area contributed by atoms with Crippen molar-refractivity contribution in [2.45, 2.75) is 6.92 Å². The van der Waals surface area contributed by atoms with Crippen LogP contribution in [0.5, 0.6) is 0 Å². The first-order chi connectivity index (χ1) is 6.16. The number of nitrogen functional groups attached to an aromatic ring is 1. The lowest BCUT2D eigenvalue weighted by molar-refractivity contribution is 1.26. The second-order valence-corrected chi connectivity index (χ2v) is 3.70. The van der Waals surface area contributed by atoms with Gasteiger partial charge in [0.05, 0.1) is 11.7 Å². The highest BCUT2D eigenvalue weighted by molar-refractivity contribution is 9.10. The zero-order valence-corrected chi connectivity index (χ0v) is 8.67. The average molecular weight is 238 g/mol. The van der Waals surface area contributed by atoms with Crippen molar-refractivity contribution < 1.29 is 0 Å². The molecule has 0 bridgehead atoms. The van der Waals surface area contributed by atoms with Crippen LogP contribution in [0.2, 0.25) is 0 Å². The molecule has 4 heteroatoms. The molecule has 0 fully saturated rings. The van der Waals surface area contributed by atoms with Crippen LogP contribution in [0.1, 0.15) is 5.56 Å². The predicted octanol–water partition coefficient (Wildman–Crippen LogP) is 2.28. The normalized spacial score (nSPS) is 10.6. The largest absolute Gasteiger partial charge is 0.383 e. The number of hydrogen-bond acceptors (Lipinski definition) is 3. The van der Waals surface area contributed by atoms with Crippen molar-refractivity contribution in [3.8, 4) is 0 Å². The lowest BCUT2D eigenvalue weighted by atomic mass is 10.2. The molecule has 0 saturated heterocycles. The minimum atomic E-state index is 0.566. The molecule has 0 radical (unpaired) electrons. The molecule has 2 aromatic heterocycles. The molecule has 0 unspecified atom stereocenters. The molecule has 0 aliphatic rings. The van der Waals surface area contributed by atoms with E-state index in [0.717, 1.165) is 21.1 Å². The van der Waals surface area contributed by atoms with Crippen LogP contribution >= 0.6 is 15.9 Å². The first kappa shape index (κ1) is 8.44. The van der Waals surface area contributed by atoms with Gasteiger partial charge in [0.15, 0.2) is 0 Å². The molecular weight excluding hydrogens is 230 g/mol. The average Bonchev–Trinajstić information content (AvgIpc) is 2.08. The van der Waals surface area contributed by atoms with Gasteiger partial charge in [-0.15, -0.1) is 0 Å². The standard InChI is InChI=1S/C9H8BrN3/c1-5-2-6-3-8(10)12-4-7(6)13-9(5)11/h2-4H,1H3,(H2,11,13). The predicted molar refractivity (Wildman–Crippen MR) is 56.4 cm³/mol. The Morgan fingerprint density at radius 3 is 2.92 bits per heavy atom. The number of aryl methyl sites for hydroxylation is 1.